The molecule has 0 spiro atoms. The minimum absolute atomic E-state index is 0.0297. The summed E-state index contributed by atoms with van der Waals surface area (Å²) in [4.78, 5) is 23.2. The van der Waals surface area contributed by atoms with Gasteiger partial charge < -0.3 is 19.8 Å². The van der Waals surface area contributed by atoms with Crippen LogP contribution in [0, 0.1) is 0 Å². The number of anilines is 1. The molecule has 6 heteroatoms. The van der Waals surface area contributed by atoms with E-state index < -0.39 is 5.63 Å². The van der Waals surface area contributed by atoms with Crippen molar-refractivity contribution in [2.24, 2.45) is 0 Å². The van der Waals surface area contributed by atoms with E-state index in [1.165, 1.54) is 13.0 Å². The second-order valence-corrected chi connectivity index (χ2v) is 6.33. The van der Waals surface area contributed by atoms with Crippen molar-refractivity contribution >= 4 is 22.6 Å². The van der Waals surface area contributed by atoms with Crippen LogP contribution in [0.4, 0.5) is 5.69 Å². The quantitative estimate of drug-likeness (QED) is 0.652. The van der Waals surface area contributed by atoms with Crippen LogP contribution >= 0.6 is 0 Å². The number of para-hydroxylation sites is 1. The maximum absolute atomic E-state index is 12.0. The van der Waals surface area contributed by atoms with Gasteiger partial charge in [0.25, 0.3) is 0 Å². The number of amides is 1. The first-order chi connectivity index (χ1) is 13.0. The molecule has 1 atom stereocenters. The lowest BCUT2D eigenvalue weighted by molar-refractivity contribution is -0.114. The van der Waals surface area contributed by atoms with Gasteiger partial charge in [-0.15, -0.1) is 0 Å². The van der Waals surface area contributed by atoms with Gasteiger partial charge in [0.1, 0.15) is 11.3 Å². The molecule has 0 fully saturated rings. The molecule has 6 nitrogen and oxygen atoms in total. The number of hydrogen-bond donors (Lipinski definition) is 2. The smallest absolute Gasteiger partial charge is 0.336 e. The number of carbonyl (C=O) groups is 1. The number of nitrogens with one attached hydrogen (secondary N) is 2. The largest absolute Gasteiger partial charge is 0.496 e. The highest BCUT2D eigenvalue weighted by Gasteiger charge is 2.12. The summed E-state index contributed by atoms with van der Waals surface area (Å²) in [6, 6.07) is 14.6. The van der Waals surface area contributed by atoms with Crippen molar-refractivity contribution in [1.82, 2.24) is 5.32 Å². The van der Waals surface area contributed by atoms with Gasteiger partial charge in [0.05, 0.1) is 7.11 Å². The molecule has 27 heavy (non-hydrogen) atoms. The van der Waals surface area contributed by atoms with Crippen LogP contribution in [0.25, 0.3) is 11.0 Å². The molecule has 3 rings (SSSR count). The molecule has 1 heterocycles. The normalized spacial score (nSPS) is 12.0. The maximum Gasteiger partial charge on any atom is 0.336 e. The second kappa shape index (κ2) is 8.05. The molecular weight excluding hydrogens is 344 g/mol. The Morgan fingerprint density at radius 2 is 1.96 bits per heavy atom. The van der Waals surface area contributed by atoms with E-state index in [0.29, 0.717) is 17.8 Å². The number of rotatable bonds is 6. The van der Waals surface area contributed by atoms with Crippen molar-refractivity contribution in [3.05, 3.63) is 70.1 Å². The number of hydrogen-bond acceptors (Lipinski definition) is 5. The fourth-order valence-corrected chi connectivity index (χ4v) is 3.05. The van der Waals surface area contributed by atoms with E-state index in [9.17, 15) is 9.59 Å². The molecule has 2 aromatic carbocycles. The maximum atomic E-state index is 12.0. The molecule has 2 N–H and O–H groups in total. The molecule has 0 aliphatic carbocycles. The molecule has 140 valence electrons. The van der Waals surface area contributed by atoms with Gasteiger partial charge in [-0.2, -0.15) is 0 Å². The van der Waals surface area contributed by atoms with E-state index in [4.69, 9.17) is 9.15 Å². The van der Waals surface area contributed by atoms with Crippen molar-refractivity contribution in [3.63, 3.8) is 0 Å². The van der Waals surface area contributed by atoms with Crippen LogP contribution in [0.1, 0.15) is 31.0 Å². The number of ether oxygens (including phenoxy) is 1. The van der Waals surface area contributed by atoms with Crippen LogP contribution in [0.2, 0.25) is 0 Å². The zero-order chi connectivity index (χ0) is 19.4. The fraction of sp³-hybridized carbons (Fsp3) is 0.238. The van der Waals surface area contributed by atoms with Crippen LogP contribution < -0.4 is 21.0 Å². The highest BCUT2D eigenvalue weighted by atomic mass is 16.5. The molecule has 0 saturated heterocycles. The van der Waals surface area contributed by atoms with Gasteiger partial charge in [0, 0.05) is 48.3 Å². The predicted molar refractivity (Wildman–Crippen MR) is 105 cm³/mol. The average molecular weight is 366 g/mol. The number of fused-ring (bicyclic) bond motifs is 1. The predicted octanol–water partition coefficient (Wildman–Crippen LogP) is 3.61. The summed E-state index contributed by atoms with van der Waals surface area (Å²) in [6.45, 7) is 3.96. The number of carbonyl (C=O) groups excluding carboxylic acids is 1. The third-order valence-corrected chi connectivity index (χ3v) is 4.35. The molecule has 0 saturated carbocycles. The van der Waals surface area contributed by atoms with Crippen LogP contribution in [0.15, 0.2) is 57.7 Å². The Morgan fingerprint density at radius 1 is 1.19 bits per heavy atom. The number of benzene rings is 2. The Morgan fingerprint density at radius 3 is 2.70 bits per heavy atom. The minimum Gasteiger partial charge on any atom is -0.496 e. The Labute approximate surface area is 157 Å². The van der Waals surface area contributed by atoms with Crippen molar-refractivity contribution in [1.29, 1.82) is 0 Å². The molecule has 0 aliphatic heterocycles. The van der Waals surface area contributed by atoms with Crippen LogP contribution in [0.5, 0.6) is 5.75 Å². The molecule has 0 bridgehead atoms. The van der Waals surface area contributed by atoms with Gasteiger partial charge in [0.2, 0.25) is 5.91 Å². The summed E-state index contributed by atoms with van der Waals surface area (Å²) in [7, 11) is 1.65. The van der Waals surface area contributed by atoms with E-state index in [0.717, 1.165) is 22.3 Å². The van der Waals surface area contributed by atoms with Gasteiger partial charge in [0.15, 0.2) is 0 Å². The minimum atomic E-state index is -0.427. The first kappa shape index (κ1) is 18.7. The summed E-state index contributed by atoms with van der Waals surface area (Å²) in [5, 5.41) is 6.94. The molecular formula is C21H22N2O4. The summed E-state index contributed by atoms with van der Waals surface area (Å²) < 4.78 is 10.7. The van der Waals surface area contributed by atoms with E-state index >= 15 is 0 Å². The van der Waals surface area contributed by atoms with E-state index in [2.05, 4.69) is 10.6 Å². The van der Waals surface area contributed by atoms with Gasteiger partial charge in [-0.25, -0.2) is 4.79 Å². The first-order valence-electron chi connectivity index (χ1n) is 8.68. The fourth-order valence-electron chi connectivity index (χ4n) is 3.05. The Balaban J connectivity index is 1.86. The van der Waals surface area contributed by atoms with Gasteiger partial charge in [-0.3, -0.25) is 4.79 Å². The molecule has 0 radical (unpaired) electrons. The lowest BCUT2D eigenvalue weighted by Crippen LogP contribution is -2.19. The Hall–Kier alpha value is -3.12. The molecule has 1 unspecified atom stereocenters. The molecule has 1 aromatic heterocycles. The number of methoxy groups -OCH3 is 1. The van der Waals surface area contributed by atoms with Crippen molar-refractivity contribution < 1.29 is 13.9 Å². The van der Waals surface area contributed by atoms with Gasteiger partial charge >= 0.3 is 5.63 Å². The zero-order valence-electron chi connectivity index (χ0n) is 15.5. The third-order valence-electron chi connectivity index (χ3n) is 4.35. The van der Waals surface area contributed by atoms with Crippen LogP contribution in [-0.4, -0.2) is 13.0 Å². The average Bonchev–Trinajstić information content (AvgIpc) is 2.64. The zero-order valence-corrected chi connectivity index (χ0v) is 15.5. The Bertz CT molecular complexity index is 1030. The summed E-state index contributed by atoms with van der Waals surface area (Å²) >= 11 is 0. The summed E-state index contributed by atoms with van der Waals surface area (Å²) in [5.41, 5.74) is 2.47. The first-order valence-corrected chi connectivity index (χ1v) is 8.68. The standard InChI is InChI=1S/C21H22N2O4/c1-13(17-6-4-5-7-19(17)26-3)22-12-15-10-21(25)27-20-11-16(23-14(2)24)8-9-18(15)20/h4-11,13,22H,12H2,1-3H3,(H,23,24). The lowest BCUT2D eigenvalue weighted by atomic mass is 10.1. The van der Waals surface area contributed by atoms with Crippen LogP contribution in [-0.2, 0) is 11.3 Å². The summed E-state index contributed by atoms with van der Waals surface area (Å²) in [6.07, 6.45) is 0. The topological polar surface area (TPSA) is 80.6 Å². The highest BCUT2D eigenvalue weighted by Crippen LogP contribution is 2.26. The van der Waals surface area contributed by atoms with Crippen molar-refractivity contribution in [2.45, 2.75) is 26.4 Å². The second-order valence-electron chi connectivity index (χ2n) is 6.33. The van der Waals surface area contributed by atoms with Gasteiger partial charge in [-0.05, 0) is 30.7 Å². The molecule has 1 amide bonds. The highest BCUT2D eigenvalue weighted by molar-refractivity contribution is 5.92. The van der Waals surface area contributed by atoms with E-state index in [-0.39, 0.29) is 11.9 Å². The van der Waals surface area contributed by atoms with E-state index in [1.807, 2.05) is 37.3 Å². The van der Waals surface area contributed by atoms with Crippen molar-refractivity contribution in [2.75, 3.05) is 12.4 Å². The molecule has 0 aliphatic rings. The third kappa shape index (κ3) is 4.35. The lowest BCUT2D eigenvalue weighted by Gasteiger charge is -2.17. The van der Waals surface area contributed by atoms with E-state index in [1.54, 1.807) is 19.2 Å². The van der Waals surface area contributed by atoms with Crippen molar-refractivity contribution in [3.8, 4) is 5.75 Å². The SMILES string of the molecule is COc1ccccc1C(C)NCc1cc(=O)oc2cc(NC(C)=O)ccc12. The van der Waals surface area contributed by atoms with Crippen LogP contribution in [0.3, 0.4) is 0 Å². The monoisotopic (exact) mass is 366 g/mol. The van der Waals surface area contributed by atoms with Gasteiger partial charge in [-0.1, -0.05) is 18.2 Å². The summed E-state index contributed by atoms with van der Waals surface area (Å²) in [5.74, 6) is 0.634. The molecule has 3 aromatic rings. The Kier molecular flexibility index (Phi) is 5.57.